The van der Waals surface area contributed by atoms with Crippen molar-refractivity contribution in [2.75, 3.05) is 7.11 Å². The average Bonchev–Trinajstić information content (AvgIpc) is 3.32. The van der Waals surface area contributed by atoms with E-state index < -0.39 is 83.1 Å². The van der Waals surface area contributed by atoms with Crippen molar-refractivity contribution in [3.8, 4) is 5.75 Å². The van der Waals surface area contributed by atoms with E-state index in [0.717, 1.165) is 6.08 Å². The third-order valence-corrected chi connectivity index (χ3v) is 9.62. The summed E-state index contributed by atoms with van der Waals surface area (Å²) in [7, 11) is 1.44. The van der Waals surface area contributed by atoms with Gasteiger partial charge in [-0.15, -0.1) is 0 Å². The van der Waals surface area contributed by atoms with Crippen LogP contribution in [0.25, 0.3) is 0 Å². The van der Waals surface area contributed by atoms with E-state index in [4.69, 9.17) is 18.9 Å². The normalized spacial score (nSPS) is 32.6. The molecule has 0 saturated heterocycles. The number of esters is 1. The molecule has 0 unspecified atom stereocenters. The number of ether oxygens (including phenoxy) is 4. The van der Waals surface area contributed by atoms with Crippen LogP contribution < -0.4 is 10.1 Å². The highest BCUT2D eigenvalue weighted by molar-refractivity contribution is 6.29. The Bertz CT molecular complexity index is 1670. The number of aliphatic hydroxyl groups excluding tert-OH is 2. The maximum Gasteiger partial charge on any atom is 0.312 e. The number of benzene rings is 1. The summed E-state index contributed by atoms with van der Waals surface area (Å²) in [6.07, 6.45) is 4.74. The van der Waals surface area contributed by atoms with Gasteiger partial charge in [-0.25, -0.2) is 0 Å². The summed E-state index contributed by atoms with van der Waals surface area (Å²) in [6.45, 7) is 12.7. The van der Waals surface area contributed by atoms with E-state index in [1.165, 1.54) is 52.4 Å². The molecule has 0 saturated carbocycles. The van der Waals surface area contributed by atoms with E-state index in [2.05, 4.69) is 5.32 Å². The number of hydrogen-bond donors (Lipinski definition) is 3. The van der Waals surface area contributed by atoms with Gasteiger partial charge >= 0.3 is 11.8 Å². The van der Waals surface area contributed by atoms with Crippen LogP contribution in [-0.2, 0) is 23.8 Å². The van der Waals surface area contributed by atoms with Gasteiger partial charge in [0.2, 0.25) is 5.78 Å². The van der Waals surface area contributed by atoms with Gasteiger partial charge in [0, 0.05) is 67.4 Å². The minimum absolute atomic E-state index is 0.0511. The molecule has 1 aromatic carbocycles. The standard InChI is InChI=1S/C37H45NO11/c1-17-11-10-12-18(2)36(45)38-25-16-26(40)28-24(32(25)43)15-19(3)33-29(28)35(44)37(8,49-33)47-14-13-27(46-9)20(4)34(48-23(7)39)22(6)31(42)21(5)30(17)41/h10-17,20-22,27,30-31,34,41-42H,1-9H3,(H,38,45)/t17-,20+,21+,22+,27-,30-,31+,34+,37-/m0/s1. The highest BCUT2D eigenvalue weighted by Gasteiger charge is 2.50. The van der Waals surface area contributed by atoms with Gasteiger partial charge in [-0.3, -0.25) is 24.0 Å². The number of ketones is 3. The van der Waals surface area contributed by atoms with Crippen molar-refractivity contribution in [2.45, 2.75) is 85.6 Å². The number of allylic oxidation sites excluding steroid dienone is 4. The SMILES string of the molecule is CO[C@H]1C=CO[C@@]2(C)Oc3c(C)cc4c(c3C2=O)C(=O)C=C(NC(=O)C(C)=CC=C[C@H](C)[C@H](O)[C@@H](C)[C@@H](O)[C@@H](C)[C@H](OC(C)=O)[C@@H]1C)C4=O. The number of carbonyl (C=O) groups excluding carboxylic acids is 5. The van der Waals surface area contributed by atoms with Crippen molar-refractivity contribution < 1.29 is 53.1 Å². The number of aryl methyl sites for hydroxylation is 1. The summed E-state index contributed by atoms with van der Waals surface area (Å²) < 4.78 is 23.2. The quantitative estimate of drug-likeness (QED) is 0.387. The van der Waals surface area contributed by atoms with E-state index in [1.54, 1.807) is 46.8 Å². The number of Topliss-reactive ketones (excluding diaryl/α,β-unsaturated/α-hetero) is 2. The number of amides is 1. The topological polar surface area (TPSA) is 175 Å². The lowest BCUT2D eigenvalue weighted by Gasteiger charge is -2.38. The fourth-order valence-corrected chi connectivity index (χ4v) is 6.56. The molecule has 264 valence electrons. The zero-order valence-corrected chi connectivity index (χ0v) is 29.2. The second-order valence-electron chi connectivity index (χ2n) is 13.3. The van der Waals surface area contributed by atoms with E-state index >= 15 is 0 Å². The Labute approximate surface area is 285 Å². The zero-order chi connectivity index (χ0) is 36.5. The van der Waals surface area contributed by atoms with Crippen LogP contribution in [-0.4, -0.2) is 76.8 Å². The average molecular weight is 680 g/mol. The molecule has 1 amide bonds. The first-order valence-corrected chi connectivity index (χ1v) is 16.2. The smallest absolute Gasteiger partial charge is 0.312 e. The molecule has 1 aromatic rings. The number of nitrogens with one attached hydrogen (secondary N) is 1. The minimum atomic E-state index is -1.91. The van der Waals surface area contributed by atoms with Crippen LogP contribution in [0.15, 0.2) is 54.0 Å². The van der Waals surface area contributed by atoms with Crippen LogP contribution >= 0.6 is 0 Å². The summed E-state index contributed by atoms with van der Waals surface area (Å²) >= 11 is 0. The summed E-state index contributed by atoms with van der Waals surface area (Å²) in [5, 5.41) is 25.0. The van der Waals surface area contributed by atoms with E-state index in [1.807, 2.05) is 0 Å². The van der Waals surface area contributed by atoms with Gasteiger partial charge < -0.3 is 34.5 Å². The molecule has 1 aliphatic carbocycles. The molecule has 0 radical (unpaired) electrons. The van der Waals surface area contributed by atoms with E-state index in [-0.39, 0.29) is 33.7 Å². The first-order valence-electron chi connectivity index (χ1n) is 16.2. The highest BCUT2D eigenvalue weighted by atomic mass is 16.7. The molecule has 0 fully saturated rings. The molecule has 0 spiro atoms. The van der Waals surface area contributed by atoms with Crippen LogP contribution in [0.5, 0.6) is 5.75 Å². The molecule has 5 rings (SSSR count). The number of aliphatic hydroxyl groups is 2. The second kappa shape index (κ2) is 14.6. The number of hydrogen-bond acceptors (Lipinski definition) is 11. The molecular formula is C37H45NO11. The Morgan fingerprint density at radius 3 is 2.27 bits per heavy atom. The maximum atomic E-state index is 13.8. The van der Waals surface area contributed by atoms with Crippen LogP contribution in [0.4, 0.5) is 0 Å². The molecule has 3 N–H and O–H groups in total. The molecule has 12 heteroatoms. The van der Waals surface area contributed by atoms with Crippen molar-refractivity contribution >= 4 is 29.2 Å². The first-order chi connectivity index (χ1) is 22.9. The van der Waals surface area contributed by atoms with Gasteiger partial charge in [-0.1, -0.05) is 45.9 Å². The van der Waals surface area contributed by atoms with Crippen LogP contribution in [0, 0.1) is 30.6 Å². The molecule has 4 aliphatic rings. The van der Waals surface area contributed by atoms with Gasteiger partial charge in [0.25, 0.3) is 11.7 Å². The molecule has 9 atom stereocenters. The maximum absolute atomic E-state index is 13.8. The number of carbonyl (C=O) groups is 5. The molecular weight excluding hydrogens is 634 g/mol. The van der Waals surface area contributed by atoms with Crippen molar-refractivity contribution in [2.24, 2.45) is 23.7 Å². The summed E-state index contributed by atoms with van der Waals surface area (Å²) in [6, 6.07) is 1.44. The molecule has 0 aromatic heterocycles. The lowest BCUT2D eigenvalue weighted by atomic mass is 9.78. The van der Waals surface area contributed by atoms with E-state index in [9.17, 15) is 34.2 Å². The minimum Gasteiger partial charge on any atom is -0.462 e. The Hall–Kier alpha value is -4.39. The Morgan fingerprint density at radius 1 is 0.959 bits per heavy atom. The van der Waals surface area contributed by atoms with Gasteiger partial charge in [-0.2, -0.15) is 0 Å². The third kappa shape index (κ3) is 7.31. The summed E-state index contributed by atoms with van der Waals surface area (Å²) in [4.78, 5) is 66.1. The second-order valence-corrected chi connectivity index (χ2v) is 13.3. The molecule has 3 aliphatic heterocycles. The highest BCUT2D eigenvalue weighted by Crippen LogP contribution is 2.43. The Kier molecular flexibility index (Phi) is 11.2. The monoisotopic (exact) mass is 679 g/mol. The third-order valence-electron chi connectivity index (χ3n) is 9.62. The van der Waals surface area contributed by atoms with Crippen molar-refractivity contribution in [1.82, 2.24) is 5.32 Å². The fourth-order valence-electron chi connectivity index (χ4n) is 6.56. The van der Waals surface area contributed by atoms with Gasteiger partial charge in [-0.05, 0) is 31.6 Å². The summed E-state index contributed by atoms with van der Waals surface area (Å²) in [5.41, 5.74) is 0.0858. The molecule has 49 heavy (non-hydrogen) atoms. The zero-order valence-electron chi connectivity index (χ0n) is 29.2. The summed E-state index contributed by atoms with van der Waals surface area (Å²) in [5.74, 6) is -7.34. The molecule has 5 bridgehead atoms. The van der Waals surface area contributed by atoms with Crippen LogP contribution in [0.3, 0.4) is 0 Å². The number of fused-ring (bicyclic) bond motifs is 14. The fraction of sp³-hybridized carbons (Fsp3) is 0.486. The number of rotatable bonds is 2. The predicted octanol–water partition coefficient (Wildman–Crippen LogP) is 3.92. The van der Waals surface area contributed by atoms with Crippen molar-refractivity contribution in [3.63, 3.8) is 0 Å². The first kappa shape index (κ1) is 37.4. The Balaban J connectivity index is 1.80. The van der Waals surface area contributed by atoms with Gasteiger partial charge in [0.05, 0.1) is 35.8 Å². The Morgan fingerprint density at radius 2 is 1.63 bits per heavy atom. The predicted molar refractivity (Wildman–Crippen MR) is 178 cm³/mol. The lowest BCUT2D eigenvalue weighted by molar-refractivity contribution is -0.160. The molecule has 3 heterocycles. The number of methoxy groups -OCH3 is 1. The molecule has 12 nitrogen and oxygen atoms in total. The van der Waals surface area contributed by atoms with Crippen molar-refractivity contribution in [1.29, 1.82) is 0 Å². The van der Waals surface area contributed by atoms with Crippen molar-refractivity contribution in [3.05, 3.63) is 76.2 Å². The lowest BCUT2D eigenvalue weighted by Crippen LogP contribution is -2.46. The largest absolute Gasteiger partial charge is 0.462 e. The van der Waals surface area contributed by atoms with Gasteiger partial charge in [0.15, 0.2) is 5.78 Å². The van der Waals surface area contributed by atoms with Crippen LogP contribution in [0.2, 0.25) is 0 Å². The van der Waals surface area contributed by atoms with E-state index in [0.29, 0.717) is 5.56 Å². The van der Waals surface area contributed by atoms with Crippen LogP contribution in [0.1, 0.15) is 85.1 Å². The van der Waals surface area contributed by atoms with Gasteiger partial charge in [0.1, 0.15) is 11.9 Å².